The van der Waals surface area contributed by atoms with Gasteiger partial charge in [0.15, 0.2) is 0 Å². The van der Waals surface area contributed by atoms with Gasteiger partial charge in [-0.2, -0.15) is 0 Å². The van der Waals surface area contributed by atoms with E-state index in [0.717, 1.165) is 0 Å². The highest BCUT2D eigenvalue weighted by Crippen LogP contribution is 1.56. The van der Waals surface area contributed by atoms with Crippen LogP contribution in [0, 0.1) is 0 Å². The molecule has 62 valence electrons. The molecule has 0 aliphatic rings. The molecule has 0 saturated carbocycles. The van der Waals surface area contributed by atoms with E-state index in [1.54, 1.807) is 0 Å². The standard InChI is InChI=1S/C2H2O4.2H2O2/c3-1(4)2(5)6;2*1-2/h(H,3,4)(H,5,6);2*1-2H. The molecule has 8 heteroatoms. The molecule has 0 aliphatic heterocycles. The second-order valence-electron chi connectivity index (χ2n) is 0.610. The largest absolute Gasteiger partial charge is 0.473 e. The molecule has 0 amide bonds. The number of carbonyl (C=O) groups is 2. The average molecular weight is 158 g/mol. The number of hydrogen-bond donors (Lipinski definition) is 6. The summed E-state index contributed by atoms with van der Waals surface area (Å²) in [5.74, 6) is -3.65. The molecular formula is C2H6O8. The van der Waals surface area contributed by atoms with E-state index in [1.807, 2.05) is 0 Å². The first-order valence-corrected chi connectivity index (χ1v) is 1.51. The van der Waals surface area contributed by atoms with Gasteiger partial charge in [0.1, 0.15) is 0 Å². The molecule has 0 atom stereocenters. The van der Waals surface area contributed by atoms with Crippen molar-refractivity contribution in [3.05, 3.63) is 0 Å². The van der Waals surface area contributed by atoms with E-state index in [9.17, 15) is 0 Å². The third-order valence-electron chi connectivity index (χ3n) is 0.183. The number of hydrogen-bond acceptors (Lipinski definition) is 6. The van der Waals surface area contributed by atoms with Gasteiger partial charge in [0.25, 0.3) is 0 Å². The molecule has 6 N–H and O–H groups in total. The Labute approximate surface area is 54.1 Å². The number of carboxylic acid groups (broad SMARTS) is 2. The van der Waals surface area contributed by atoms with Gasteiger partial charge in [0.2, 0.25) is 0 Å². The summed E-state index contributed by atoms with van der Waals surface area (Å²) in [7, 11) is 0. The molecule has 0 aromatic carbocycles. The summed E-state index contributed by atoms with van der Waals surface area (Å²) in [6.45, 7) is 0. The summed E-state index contributed by atoms with van der Waals surface area (Å²) in [6, 6.07) is 0. The van der Waals surface area contributed by atoms with Crippen molar-refractivity contribution in [3.8, 4) is 0 Å². The Hall–Kier alpha value is -1.22. The van der Waals surface area contributed by atoms with Gasteiger partial charge in [-0.15, -0.1) is 0 Å². The van der Waals surface area contributed by atoms with Crippen molar-refractivity contribution in [1.29, 1.82) is 0 Å². The van der Waals surface area contributed by atoms with Crippen LogP contribution in [-0.4, -0.2) is 43.2 Å². The van der Waals surface area contributed by atoms with Crippen LogP contribution in [0.15, 0.2) is 0 Å². The molecule has 0 heterocycles. The van der Waals surface area contributed by atoms with E-state index < -0.39 is 11.9 Å². The zero-order valence-corrected chi connectivity index (χ0v) is 4.50. The van der Waals surface area contributed by atoms with Crippen LogP contribution in [0.25, 0.3) is 0 Å². The number of rotatable bonds is 0. The SMILES string of the molecule is O=C(O)C(=O)O.OO.OO. The number of carboxylic acids is 2. The molecule has 0 radical (unpaired) electrons. The highest BCUT2D eigenvalue weighted by Gasteiger charge is 2.04. The second-order valence-corrected chi connectivity index (χ2v) is 0.610. The van der Waals surface area contributed by atoms with Crippen molar-refractivity contribution in [2.45, 2.75) is 0 Å². The first-order valence-electron chi connectivity index (χ1n) is 1.51. The summed E-state index contributed by atoms with van der Waals surface area (Å²) < 4.78 is 0. The molecule has 0 saturated heterocycles. The predicted molar refractivity (Wildman–Crippen MR) is 25.8 cm³/mol. The Morgan fingerprint density at radius 3 is 0.800 bits per heavy atom. The van der Waals surface area contributed by atoms with Gasteiger partial charge in [-0.05, 0) is 0 Å². The normalized spacial score (nSPS) is 5.60. The fourth-order valence-corrected chi connectivity index (χ4v) is 0. The van der Waals surface area contributed by atoms with Gasteiger partial charge in [-0.25, -0.2) is 9.59 Å². The van der Waals surface area contributed by atoms with Gasteiger partial charge >= 0.3 is 11.9 Å². The van der Waals surface area contributed by atoms with Crippen molar-refractivity contribution < 1.29 is 40.8 Å². The topological polar surface area (TPSA) is 156 Å². The molecule has 0 aromatic heterocycles. The van der Waals surface area contributed by atoms with Gasteiger partial charge in [0, 0.05) is 0 Å². The molecule has 0 spiro atoms. The molecule has 0 unspecified atom stereocenters. The predicted octanol–water partition coefficient (Wildman–Crippen LogP) is -0.810. The lowest BCUT2D eigenvalue weighted by atomic mass is 10.7. The summed E-state index contributed by atoms with van der Waals surface area (Å²) in [4.78, 5) is 18.2. The van der Waals surface area contributed by atoms with Crippen LogP contribution < -0.4 is 0 Å². The van der Waals surface area contributed by atoms with E-state index in [2.05, 4.69) is 0 Å². The lowest BCUT2D eigenvalue weighted by molar-refractivity contribution is -0.176. The van der Waals surface area contributed by atoms with Crippen LogP contribution in [0.2, 0.25) is 0 Å². The zero-order valence-electron chi connectivity index (χ0n) is 4.50. The molecule has 10 heavy (non-hydrogen) atoms. The Kier molecular flexibility index (Phi) is 24.9. The molecule has 0 rings (SSSR count). The van der Waals surface area contributed by atoms with E-state index in [0.29, 0.717) is 0 Å². The lowest BCUT2D eigenvalue weighted by Gasteiger charge is -1.72. The molecule has 0 aromatic rings. The van der Waals surface area contributed by atoms with Gasteiger partial charge in [-0.3, -0.25) is 21.0 Å². The van der Waals surface area contributed by atoms with Crippen LogP contribution in [0.4, 0.5) is 0 Å². The first kappa shape index (κ1) is 15.9. The van der Waals surface area contributed by atoms with Gasteiger partial charge in [0.05, 0.1) is 0 Å². The maximum Gasteiger partial charge on any atom is 0.414 e. The highest BCUT2D eigenvalue weighted by molar-refractivity contribution is 6.27. The monoisotopic (exact) mass is 158 g/mol. The van der Waals surface area contributed by atoms with Crippen LogP contribution in [0.5, 0.6) is 0 Å². The Morgan fingerprint density at radius 2 is 0.800 bits per heavy atom. The Morgan fingerprint density at radius 1 is 0.700 bits per heavy atom. The zero-order chi connectivity index (χ0) is 9.15. The summed E-state index contributed by atoms with van der Waals surface area (Å²) in [6.07, 6.45) is 0. The minimum atomic E-state index is -1.82. The van der Waals surface area contributed by atoms with E-state index in [-0.39, 0.29) is 0 Å². The molecule has 0 fully saturated rings. The average Bonchev–Trinajstić information content (AvgIpc) is 1.96. The highest BCUT2D eigenvalue weighted by atomic mass is 17.0. The van der Waals surface area contributed by atoms with E-state index in [1.165, 1.54) is 0 Å². The van der Waals surface area contributed by atoms with E-state index >= 15 is 0 Å². The summed E-state index contributed by atoms with van der Waals surface area (Å²) in [5.41, 5.74) is 0. The van der Waals surface area contributed by atoms with Crippen molar-refractivity contribution in [1.82, 2.24) is 0 Å². The maximum absolute atomic E-state index is 9.10. The first-order chi connectivity index (χ1) is 4.64. The van der Waals surface area contributed by atoms with Crippen LogP contribution in [0.1, 0.15) is 0 Å². The number of aliphatic carboxylic acids is 2. The Bertz CT molecular complexity index is 73.3. The van der Waals surface area contributed by atoms with E-state index in [4.69, 9.17) is 40.8 Å². The Balaban J connectivity index is -0.000000105. The molecule has 8 nitrogen and oxygen atoms in total. The molecule has 0 aliphatic carbocycles. The maximum atomic E-state index is 9.10. The smallest absolute Gasteiger partial charge is 0.414 e. The van der Waals surface area contributed by atoms with Crippen LogP contribution >= 0.6 is 0 Å². The van der Waals surface area contributed by atoms with Crippen LogP contribution in [0.3, 0.4) is 0 Å². The quantitative estimate of drug-likeness (QED) is 0.152. The molecular weight excluding hydrogens is 152 g/mol. The fraction of sp³-hybridized carbons (Fsp3) is 0. The third kappa shape index (κ3) is 29.3. The summed E-state index contributed by atoms with van der Waals surface area (Å²) in [5, 5.41) is 38.8. The summed E-state index contributed by atoms with van der Waals surface area (Å²) >= 11 is 0. The van der Waals surface area contributed by atoms with Crippen molar-refractivity contribution in [2.75, 3.05) is 0 Å². The van der Waals surface area contributed by atoms with Crippen molar-refractivity contribution in [3.63, 3.8) is 0 Å². The minimum absolute atomic E-state index is 1.82. The fourth-order valence-electron chi connectivity index (χ4n) is 0. The van der Waals surface area contributed by atoms with Gasteiger partial charge < -0.3 is 10.2 Å². The van der Waals surface area contributed by atoms with Crippen LogP contribution in [-0.2, 0) is 9.59 Å². The van der Waals surface area contributed by atoms with Crippen molar-refractivity contribution in [2.24, 2.45) is 0 Å². The van der Waals surface area contributed by atoms with Gasteiger partial charge in [-0.1, -0.05) is 0 Å². The third-order valence-corrected chi connectivity index (χ3v) is 0.183. The lowest BCUT2D eigenvalue weighted by Crippen LogP contribution is -2.09. The minimum Gasteiger partial charge on any atom is -0.473 e. The second kappa shape index (κ2) is 15.7. The van der Waals surface area contributed by atoms with Crippen molar-refractivity contribution >= 4 is 11.9 Å². The molecule has 0 bridgehead atoms.